The van der Waals surface area contributed by atoms with Gasteiger partial charge in [0, 0.05) is 24.0 Å². The third-order valence-electron chi connectivity index (χ3n) is 6.45. The smallest absolute Gasteiger partial charge is 0.227 e. The second kappa shape index (κ2) is 6.11. The van der Waals surface area contributed by atoms with Crippen molar-refractivity contribution in [3.05, 3.63) is 88.3 Å². The zero-order valence-corrected chi connectivity index (χ0v) is 16.8. The Morgan fingerprint density at radius 1 is 0.903 bits per heavy atom. The molecule has 0 bridgehead atoms. The summed E-state index contributed by atoms with van der Waals surface area (Å²) >= 11 is 0. The summed E-state index contributed by atoms with van der Waals surface area (Å²) in [5.74, 6) is -0.178. The number of aryl methyl sites for hydroxylation is 1. The van der Waals surface area contributed by atoms with Gasteiger partial charge >= 0.3 is 0 Å². The highest BCUT2D eigenvalue weighted by molar-refractivity contribution is 6.38. The summed E-state index contributed by atoms with van der Waals surface area (Å²) in [5.41, 5.74) is 0.808. The van der Waals surface area contributed by atoms with Crippen LogP contribution in [-0.2, 0) is 10.2 Å². The van der Waals surface area contributed by atoms with Crippen molar-refractivity contribution < 1.29 is 19.1 Å². The molecule has 1 aromatic heterocycles. The molecule has 152 valence electrons. The summed E-state index contributed by atoms with van der Waals surface area (Å²) in [5, 5.41) is 4.65. The topological polar surface area (TPSA) is 78.3 Å². The number of Topliss-reactive ketones (excluding diaryl/α,β-unsaturated/α-hetero) is 3. The van der Waals surface area contributed by atoms with Gasteiger partial charge in [0.05, 0.1) is 22.5 Å². The highest BCUT2D eigenvalue weighted by Gasteiger charge is 2.64. The van der Waals surface area contributed by atoms with E-state index in [0.29, 0.717) is 53.3 Å². The van der Waals surface area contributed by atoms with Gasteiger partial charge in [-0.2, -0.15) is 5.10 Å². The number of allylic oxidation sites excluding steroid dienone is 2. The molecule has 0 fully saturated rings. The van der Waals surface area contributed by atoms with Crippen molar-refractivity contribution >= 4 is 17.3 Å². The van der Waals surface area contributed by atoms with Crippen LogP contribution >= 0.6 is 0 Å². The van der Waals surface area contributed by atoms with Crippen LogP contribution in [0.1, 0.15) is 51.2 Å². The average molecular weight is 410 g/mol. The maximum Gasteiger partial charge on any atom is 0.227 e. The first kappa shape index (κ1) is 18.0. The number of ketones is 3. The van der Waals surface area contributed by atoms with Crippen LogP contribution in [-0.4, -0.2) is 27.1 Å². The second-order valence-corrected chi connectivity index (χ2v) is 8.14. The summed E-state index contributed by atoms with van der Waals surface area (Å²) in [6.07, 6.45) is 1.41. The van der Waals surface area contributed by atoms with Crippen molar-refractivity contribution in [2.24, 2.45) is 0 Å². The first-order chi connectivity index (χ1) is 15.0. The van der Waals surface area contributed by atoms with Gasteiger partial charge in [-0.3, -0.25) is 14.4 Å². The van der Waals surface area contributed by atoms with Crippen LogP contribution in [0.3, 0.4) is 0 Å². The second-order valence-electron chi connectivity index (χ2n) is 8.14. The SMILES string of the molecule is Cc1nn(-c2ccccc2)c2c1C1(C(=O)c3ccccc3C1=O)C1=C(CCCC1=O)O2. The fraction of sp³-hybridized carbons (Fsp3) is 0.200. The Hall–Kier alpha value is -3.80. The summed E-state index contributed by atoms with van der Waals surface area (Å²) in [7, 11) is 0. The van der Waals surface area contributed by atoms with Gasteiger partial charge in [-0.1, -0.05) is 42.5 Å². The molecule has 1 spiro atoms. The van der Waals surface area contributed by atoms with Crippen LogP contribution in [0.25, 0.3) is 5.69 Å². The van der Waals surface area contributed by atoms with Crippen molar-refractivity contribution in [1.29, 1.82) is 0 Å². The van der Waals surface area contributed by atoms with E-state index < -0.39 is 5.41 Å². The number of nitrogens with zero attached hydrogens (tertiary/aromatic N) is 2. The van der Waals surface area contributed by atoms with Gasteiger partial charge in [-0.25, -0.2) is 4.68 Å². The Labute approximate surface area is 178 Å². The number of fused-ring (bicyclic) bond motifs is 4. The predicted octanol–water partition coefficient (Wildman–Crippen LogP) is 3.90. The Bertz CT molecular complexity index is 1310. The molecule has 31 heavy (non-hydrogen) atoms. The molecule has 6 rings (SSSR count). The zero-order chi connectivity index (χ0) is 21.3. The van der Waals surface area contributed by atoms with E-state index in [1.165, 1.54) is 0 Å². The number of ether oxygens (including phenoxy) is 1. The average Bonchev–Trinajstić information content (AvgIpc) is 3.23. The van der Waals surface area contributed by atoms with Crippen molar-refractivity contribution in [3.8, 4) is 11.6 Å². The largest absolute Gasteiger partial charge is 0.442 e. The molecule has 1 aliphatic heterocycles. The Balaban J connectivity index is 1.72. The van der Waals surface area contributed by atoms with Crippen LogP contribution in [0.2, 0.25) is 0 Å². The predicted molar refractivity (Wildman–Crippen MR) is 112 cm³/mol. The van der Waals surface area contributed by atoms with Gasteiger partial charge in [-0.15, -0.1) is 0 Å². The number of para-hydroxylation sites is 1. The van der Waals surface area contributed by atoms with Crippen LogP contribution in [0.5, 0.6) is 5.88 Å². The van der Waals surface area contributed by atoms with Gasteiger partial charge in [0.25, 0.3) is 0 Å². The number of aromatic nitrogens is 2. The van der Waals surface area contributed by atoms with Crippen molar-refractivity contribution in [3.63, 3.8) is 0 Å². The summed E-state index contributed by atoms with van der Waals surface area (Å²) in [6.45, 7) is 1.76. The Morgan fingerprint density at radius 2 is 1.55 bits per heavy atom. The maximum absolute atomic E-state index is 13.9. The summed E-state index contributed by atoms with van der Waals surface area (Å²) in [4.78, 5) is 41.1. The normalized spacial score (nSPS) is 18.7. The molecule has 3 aromatic rings. The molecule has 3 aliphatic rings. The van der Waals surface area contributed by atoms with Crippen molar-refractivity contribution in [2.45, 2.75) is 31.6 Å². The lowest BCUT2D eigenvalue weighted by Crippen LogP contribution is -2.47. The first-order valence-electron chi connectivity index (χ1n) is 10.3. The van der Waals surface area contributed by atoms with Crippen molar-refractivity contribution in [1.82, 2.24) is 9.78 Å². The molecule has 0 saturated heterocycles. The van der Waals surface area contributed by atoms with E-state index in [1.54, 1.807) is 35.9 Å². The third-order valence-corrected chi connectivity index (χ3v) is 6.45. The van der Waals surface area contributed by atoms with Gasteiger partial charge in [0.1, 0.15) is 5.76 Å². The molecular weight excluding hydrogens is 392 g/mol. The number of carbonyl (C=O) groups excluding carboxylic acids is 3. The standard InChI is InChI=1S/C25H18N2O4/c1-14-20-24(27(26-14)15-8-3-2-4-9-15)31-19-13-7-12-18(28)21(19)25(20)22(29)16-10-5-6-11-17(16)23(25)30/h2-6,8-11H,7,12-13H2,1H3. The van der Waals surface area contributed by atoms with Crippen molar-refractivity contribution in [2.75, 3.05) is 0 Å². The molecule has 2 aliphatic carbocycles. The van der Waals surface area contributed by atoms with Crippen LogP contribution < -0.4 is 4.74 Å². The van der Waals surface area contributed by atoms with E-state index in [1.807, 2.05) is 30.3 Å². The van der Waals surface area contributed by atoms with E-state index in [9.17, 15) is 14.4 Å². The lowest BCUT2D eigenvalue weighted by molar-refractivity contribution is -0.117. The van der Waals surface area contributed by atoms with E-state index in [4.69, 9.17) is 4.74 Å². The van der Waals surface area contributed by atoms with Crippen LogP contribution in [0, 0.1) is 6.92 Å². The van der Waals surface area contributed by atoms with Gasteiger partial charge in [-0.05, 0) is 25.5 Å². The number of carbonyl (C=O) groups is 3. The monoisotopic (exact) mass is 410 g/mol. The number of benzene rings is 2. The summed E-state index contributed by atoms with van der Waals surface area (Å²) < 4.78 is 7.87. The molecule has 0 amide bonds. The number of hydrogen-bond donors (Lipinski definition) is 0. The molecular formula is C25H18N2O4. The summed E-state index contributed by atoms with van der Waals surface area (Å²) in [6, 6.07) is 16.2. The van der Waals surface area contributed by atoms with Gasteiger partial charge in [0.2, 0.25) is 5.88 Å². The van der Waals surface area contributed by atoms with Crippen LogP contribution in [0.4, 0.5) is 0 Å². The van der Waals surface area contributed by atoms with E-state index in [-0.39, 0.29) is 22.9 Å². The molecule has 0 N–H and O–H groups in total. The molecule has 0 unspecified atom stereocenters. The highest BCUT2D eigenvalue weighted by atomic mass is 16.5. The first-order valence-corrected chi connectivity index (χ1v) is 10.3. The van der Waals surface area contributed by atoms with E-state index >= 15 is 0 Å². The van der Waals surface area contributed by atoms with E-state index in [2.05, 4.69) is 5.10 Å². The molecule has 0 saturated carbocycles. The molecule has 0 radical (unpaired) electrons. The minimum Gasteiger partial charge on any atom is -0.442 e. The Morgan fingerprint density at radius 3 is 2.23 bits per heavy atom. The minimum absolute atomic E-state index is 0.201. The number of hydrogen-bond acceptors (Lipinski definition) is 5. The Kier molecular flexibility index (Phi) is 3.55. The maximum atomic E-state index is 13.9. The number of rotatable bonds is 1. The molecule has 6 nitrogen and oxygen atoms in total. The van der Waals surface area contributed by atoms with Crippen LogP contribution in [0.15, 0.2) is 65.9 Å². The minimum atomic E-state index is -1.72. The molecule has 2 aromatic carbocycles. The van der Waals surface area contributed by atoms with Gasteiger partial charge < -0.3 is 4.74 Å². The molecule has 2 heterocycles. The van der Waals surface area contributed by atoms with E-state index in [0.717, 1.165) is 5.69 Å². The lowest BCUT2D eigenvalue weighted by Gasteiger charge is -2.36. The third kappa shape index (κ3) is 2.11. The van der Waals surface area contributed by atoms with Gasteiger partial charge in [0.15, 0.2) is 22.8 Å². The zero-order valence-electron chi connectivity index (χ0n) is 16.8. The lowest BCUT2D eigenvalue weighted by atomic mass is 9.65. The fourth-order valence-electron chi connectivity index (χ4n) is 5.19. The fourth-order valence-corrected chi connectivity index (χ4v) is 5.19. The molecule has 6 heteroatoms. The quantitative estimate of drug-likeness (QED) is 0.569. The highest BCUT2D eigenvalue weighted by Crippen LogP contribution is 2.55. The molecule has 0 atom stereocenters.